The molecule has 2 N–H and O–H groups in total. The van der Waals surface area contributed by atoms with E-state index in [4.69, 9.17) is 5.11 Å². The van der Waals surface area contributed by atoms with Gasteiger partial charge in [-0.15, -0.1) is 0 Å². The van der Waals surface area contributed by atoms with Gasteiger partial charge >= 0.3 is 0 Å². The van der Waals surface area contributed by atoms with Gasteiger partial charge in [0.25, 0.3) is 5.91 Å². The van der Waals surface area contributed by atoms with Gasteiger partial charge in [0, 0.05) is 25.3 Å². The highest BCUT2D eigenvalue weighted by Crippen LogP contribution is 2.30. The molecule has 0 heterocycles. The minimum atomic E-state index is -1.22. The summed E-state index contributed by atoms with van der Waals surface area (Å²) in [6.45, 7) is 0.292. The van der Waals surface area contributed by atoms with Crippen LogP contribution in [0.1, 0.15) is 29.6 Å². The molecule has 2 rings (SSSR count). The Bertz CT molecular complexity index is 484. The first-order valence-corrected chi connectivity index (χ1v) is 6.56. The van der Waals surface area contributed by atoms with Crippen LogP contribution < -0.4 is 5.32 Å². The quantitative estimate of drug-likeness (QED) is 0.892. The molecule has 0 spiro atoms. The maximum absolute atomic E-state index is 13.4. The Labute approximate surface area is 114 Å². The molecule has 0 radical (unpaired) electrons. The van der Waals surface area contributed by atoms with Gasteiger partial charge in [-0.25, -0.2) is 13.2 Å². The molecule has 1 amide bonds. The van der Waals surface area contributed by atoms with Crippen LogP contribution in [0, 0.1) is 29.3 Å². The lowest BCUT2D eigenvalue weighted by atomic mass is 9.97. The van der Waals surface area contributed by atoms with Crippen LogP contribution in [0.4, 0.5) is 13.2 Å². The summed E-state index contributed by atoms with van der Waals surface area (Å²) < 4.78 is 39.6. The van der Waals surface area contributed by atoms with E-state index in [1.807, 2.05) is 0 Å². The molecule has 0 bridgehead atoms. The first kappa shape index (κ1) is 14.8. The molecule has 1 saturated carbocycles. The summed E-state index contributed by atoms with van der Waals surface area (Å²) in [6, 6.07) is 0.953. The Morgan fingerprint density at radius 2 is 1.80 bits per heavy atom. The summed E-state index contributed by atoms with van der Waals surface area (Å²) in [5.41, 5.74) is -0.773. The number of carbonyl (C=O) groups is 1. The van der Waals surface area contributed by atoms with E-state index in [0.29, 0.717) is 12.1 Å². The highest BCUT2D eigenvalue weighted by Gasteiger charge is 2.27. The number of hydrogen-bond acceptors (Lipinski definition) is 2. The Hall–Kier alpha value is -1.56. The van der Waals surface area contributed by atoms with Crippen LogP contribution in [0.15, 0.2) is 12.1 Å². The topological polar surface area (TPSA) is 49.3 Å². The normalized spacial score (nSPS) is 22.0. The number of amides is 1. The Kier molecular flexibility index (Phi) is 4.65. The minimum Gasteiger partial charge on any atom is -0.396 e. The number of aliphatic hydroxyl groups excluding tert-OH is 1. The molecule has 1 fully saturated rings. The van der Waals surface area contributed by atoms with E-state index < -0.39 is 28.9 Å². The molecule has 1 aromatic carbocycles. The van der Waals surface area contributed by atoms with Crippen molar-refractivity contribution in [3.05, 3.63) is 35.1 Å². The standard InChI is InChI=1S/C14H16F3NO2/c15-10-4-11(16)13(12(17)5-10)14(20)18-6-8-2-1-3-9(8)7-19/h4-5,8-9,19H,1-3,6-7H2,(H,18,20). The van der Waals surface area contributed by atoms with Crippen molar-refractivity contribution in [2.45, 2.75) is 19.3 Å². The van der Waals surface area contributed by atoms with E-state index in [1.54, 1.807) is 0 Å². The van der Waals surface area contributed by atoms with Crippen molar-refractivity contribution in [2.75, 3.05) is 13.2 Å². The van der Waals surface area contributed by atoms with Gasteiger partial charge in [-0.3, -0.25) is 4.79 Å². The summed E-state index contributed by atoms with van der Waals surface area (Å²) in [5.74, 6) is -4.18. The number of hydrogen-bond donors (Lipinski definition) is 2. The highest BCUT2D eigenvalue weighted by molar-refractivity contribution is 5.94. The molecule has 6 heteroatoms. The molecule has 0 saturated heterocycles. The molecule has 20 heavy (non-hydrogen) atoms. The van der Waals surface area contributed by atoms with Crippen molar-refractivity contribution in [2.24, 2.45) is 11.8 Å². The van der Waals surface area contributed by atoms with Gasteiger partial charge < -0.3 is 10.4 Å². The number of aliphatic hydroxyl groups is 1. The smallest absolute Gasteiger partial charge is 0.257 e. The first-order chi connectivity index (χ1) is 9.52. The molecule has 2 atom stereocenters. The molecule has 1 aliphatic carbocycles. The number of rotatable bonds is 4. The average molecular weight is 287 g/mol. The highest BCUT2D eigenvalue weighted by atomic mass is 19.1. The van der Waals surface area contributed by atoms with E-state index in [-0.39, 0.29) is 25.0 Å². The zero-order valence-corrected chi connectivity index (χ0v) is 10.8. The first-order valence-electron chi connectivity index (χ1n) is 6.56. The maximum atomic E-state index is 13.4. The summed E-state index contributed by atoms with van der Waals surface area (Å²) in [5, 5.41) is 11.6. The number of halogens is 3. The van der Waals surface area contributed by atoms with Gasteiger partial charge in [0.05, 0.1) is 0 Å². The Morgan fingerprint density at radius 1 is 1.20 bits per heavy atom. The summed E-state index contributed by atoms with van der Waals surface area (Å²) in [6.07, 6.45) is 2.71. The zero-order chi connectivity index (χ0) is 14.7. The van der Waals surface area contributed by atoms with E-state index in [1.165, 1.54) is 0 Å². The third kappa shape index (κ3) is 3.12. The van der Waals surface area contributed by atoms with Crippen LogP contribution in [0.5, 0.6) is 0 Å². The maximum Gasteiger partial charge on any atom is 0.257 e. The largest absolute Gasteiger partial charge is 0.396 e. The molecule has 0 aromatic heterocycles. The van der Waals surface area contributed by atoms with Gasteiger partial charge in [0.2, 0.25) is 0 Å². The summed E-state index contributed by atoms with van der Waals surface area (Å²) >= 11 is 0. The number of carbonyl (C=O) groups excluding carboxylic acids is 1. The van der Waals surface area contributed by atoms with E-state index >= 15 is 0 Å². The second-order valence-corrected chi connectivity index (χ2v) is 5.09. The van der Waals surface area contributed by atoms with Crippen molar-refractivity contribution in [3.63, 3.8) is 0 Å². The molecule has 3 nitrogen and oxygen atoms in total. The lowest BCUT2D eigenvalue weighted by Gasteiger charge is -2.18. The Balaban J connectivity index is 2.02. The SMILES string of the molecule is O=C(NCC1CCCC1CO)c1c(F)cc(F)cc1F. The van der Waals surface area contributed by atoms with Gasteiger partial charge in [-0.2, -0.15) is 0 Å². The van der Waals surface area contributed by atoms with Crippen molar-refractivity contribution in [1.29, 1.82) is 0 Å². The molecule has 0 aliphatic heterocycles. The number of nitrogens with one attached hydrogen (secondary N) is 1. The lowest BCUT2D eigenvalue weighted by molar-refractivity contribution is 0.0929. The summed E-state index contributed by atoms with van der Waals surface area (Å²) in [4.78, 5) is 11.8. The van der Waals surface area contributed by atoms with Crippen LogP contribution in [0.2, 0.25) is 0 Å². The van der Waals surface area contributed by atoms with Crippen LogP contribution in [-0.2, 0) is 0 Å². The van der Waals surface area contributed by atoms with Gasteiger partial charge in [0.15, 0.2) is 0 Å². The minimum absolute atomic E-state index is 0.0415. The molecular formula is C14H16F3NO2. The molecule has 2 unspecified atom stereocenters. The third-order valence-electron chi connectivity index (χ3n) is 3.81. The fourth-order valence-electron chi connectivity index (χ4n) is 2.69. The van der Waals surface area contributed by atoms with Gasteiger partial charge in [-0.05, 0) is 24.7 Å². The predicted octanol–water partition coefficient (Wildman–Crippen LogP) is 2.24. The molecule has 110 valence electrons. The van der Waals surface area contributed by atoms with Crippen LogP contribution >= 0.6 is 0 Å². The van der Waals surface area contributed by atoms with Crippen LogP contribution in [-0.4, -0.2) is 24.2 Å². The zero-order valence-electron chi connectivity index (χ0n) is 10.8. The average Bonchev–Trinajstić information content (AvgIpc) is 2.82. The van der Waals surface area contributed by atoms with Crippen molar-refractivity contribution in [3.8, 4) is 0 Å². The van der Waals surface area contributed by atoms with Crippen LogP contribution in [0.3, 0.4) is 0 Å². The van der Waals surface area contributed by atoms with Gasteiger partial charge in [0.1, 0.15) is 23.0 Å². The number of benzene rings is 1. The van der Waals surface area contributed by atoms with E-state index in [0.717, 1.165) is 19.3 Å². The molecule has 1 aliphatic rings. The van der Waals surface area contributed by atoms with E-state index in [9.17, 15) is 18.0 Å². The second-order valence-electron chi connectivity index (χ2n) is 5.09. The predicted molar refractivity (Wildman–Crippen MR) is 66.6 cm³/mol. The lowest BCUT2D eigenvalue weighted by Crippen LogP contribution is -2.32. The van der Waals surface area contributed by atoms with Crippen molar-refractivity contribution >= 4 is 5.91 Å². The van der Waals surface area contributed by atoms with Crippen molar-refractivity contribution < 1.29 is 23.1 Å². The second kappa shape index (κ2) is 6.26. The van der Waals surface area contributed by atoms with Crippen LogP contribution in [0.25, 0.3) is 0 Å². The third-order valence-corrected chi connectivity index (χ3v) is 3.81. The Morgan fingerprint density at radius 3 is 2.40 bits per heavy atom. The van der Waals surface area contributed by atoms with E-state index in [2.05, 4.69) is 5.32 Å². The molecular weight excluding hydrogens is 271 g/mol. The monoisotopic (exact) mass is 287 g/mol. The van der Waals surface area contributed by atoms with Gasteiger partial charge in [-0.1, -0.05) is 6.42 Å². The fraction of sp³-hybridized carbons (Fsp3) is 0.500. The summed E-state index contributed by atoms with van der Waals surface area (Å²) in [7, 11) is 0. The fourth-order valence-corrected chi connectivity index (χ4v) is 2.69. The molecule has 1 aromatic rings. The van der Waals surface area contributed by atoms with Crippen molar-refractivity contribution in [1.82, 2.24) is 5.32 Å².